The van der Waals surface area contributed by atoms with Crippen LogP contribution in [-0.4, -0.2) is 16.7 Å². The molecule has 1 aliphatic rings. The number of H-pyrrole nitrogens is 1. The molecule has 0 bridgehead atoms. The summed E-state index contributed by atoms with van der Waals surface area (Å²) >= 11 is 0. The van der Waals surface area contributed by atoms with Gasteiger partial charge in [-0.2, -0.15) is 5.10 Å². The number of benzene rings is 1. The second-order valence-electron chi connectivity index (χ2n) is 6.63. The lowest BCUT2D eigenvalue weighted by atomic mass is 9.89. The molecule has 2 heterocycles. The van der Waals surface area contributed by atoms with Crippen molar-refractivity contribution in [3.05, 3.63) is 29.5 Å². The van der Waals surface area contributed by atoms with Gasteiger partial charge in [0, 0.05) is 22.5 Å². The van der Waals surface area contributed by atoms with E-state index in [1.54, 1.807) is 0 Å². The molecular formula is C16H23N3. The standard InChI is InChI=1S/C16H23N3/c1-16(2,3)15-12-8-7-11(10-14(12)18-19-15)13-6-4-5-9-17-13/h7-8,10,13,17H,4-6,9H2,1-3H3,(H,18,19). The Balaban J connectivity index is 1.98. The summed E-state index contributed by atoms with van der Waals surface area (Å²) in [5, 5.41) is 12.6. The third kappa shape index (κ3) is 2.39. The lowest BCUT2D eigenvalue weighted by molar-refractivity contribution is 0.412. The van der Waals surface area contributed by atoms with Crippen LogP contribution in [0.25, 0.3) is 10.9 Å². The Morgan fingerprint density at radius 3 is 2.74 bits per heavy atom. The summed E-state index contributed by atoms with van der Waals surface area (Å²) in [4.78, 5) is 0. The van der Waals surface area contributed by atoms with E-state index in [0.717, 1.165) is 12.1 Å². The second kappa shape index (κ2) is 4.64. The minimum Gasteiger partial charge on any atom is -0.310 e. The third-order valence-electron chi connectivity index (χ3n) is 4.04. The minimum atomic E-state index is 0.110. The Morgan fingerprint density at radius 1 is 1.21 bits per heavy atom. The maximum Gasteiger partial charge on any atom is 0.0927 e. The first-order valence-corrected chi connectivity index (χ1v) is 7.27. The third-order valence-corrected chi connectivity index (χ3v) is 4.04. The Kier molecular flexibility index (Phi) is 3.09. The Labute approximate surface area is 114 Å². The Bertz CT molecular complexity index is 571. The molecule has 1 saturated heterocycles. The lowest BCUT2D eigenvalue weighted by Crippen LogP contribution is -2.26. The van der Waals surface area contributed by atoms with E-state index in [1.807, 2.05) is 0 Å². The molecule has 1 aliphatic heterocycles. The highest BCUT2D eigenvalue weighted by atomic mass is 15.1. The van der Waals surface area contributed by atoms with Crippen LogP contribution in [0, 0.1) is 0 Å². The quantitative estimate of drug-likeness (QED) is 0.818. The van der Waals surface area contributed by atoms with E-state index >= 15 is 0 Å². The molecule has 19 heavy (non-hydrogen) atoms. The van der Waals surface area contributed by atoms with Gasteiger partial charge in [-0.1, -0.05) is 39.3 Å². The van der Waals surface area contributed by atoms with Crippen molar-refractivity contribution in [3.8, 4) is 0 Å². The van der Waals surface area contributed by atoms with Crippen LogP contribution in [0.15, 0.2) is 18.2 Å². The van der Waals surface area contributed by atoms with Crippen molar-refractivity contribution in [1.82, 2.24) is 15.5 Å². The minimum absolute atomic E-state index is 0.110. The smallest absolute Gasteiger partial charge is 0.0927 e. The van der Waals surface area contributed by atoms with E-state index in [2.05, 4.69) is 54.5 Å². The van der Waals surface area contributed by atoms with Crippen LogP contribution in [0.5, 0.6) is 0 Å². The Morgan fingerprint density at radius 2 is 2.05 bits per heavy atom. The summed E-state index contributed by atoms with van der Waals surface area (Å²) in [6, 6.07) is 7.23. The van der Waals surface area contributed by atoms with Gasteiger partial charge in [-0.25, -0.2) is 0 Å². The zero-order valence-electron chi connectivity index (χ0n) is 12.1. The van der Waals surface area contributed by atoms with Crippen molar-refractivity contribution >= 4 is 10.9 Å². The van der Waals surface area contributed by atoms with E-state index < -0.39 is 0 Å². The average molecular weight is 257 g/mol. The highest BCUT2D eigenvalue weighted by Gasteiger charge is 2.21. The molecule has 1 atom stereocenters. The summed E-state index contributed by atoms with van der Waals surface area (Å²) in [7, 11) is 0. The molecule has 0 amide bonds. The van der Waals surface area contributed by atoms with Crippen LogP contribution in [0.3, 0.4) is 0 Å². The van der Waals surface area contributed by atoms with Crippen molar-refractivity contribution in [1.29, 1.82) is 0 Å². The molecule has 1 fully saturated rings. The molecule has 0 aliphatic carbocycles. The fourth-order valence-corrected chi connectivity index (χ4v) is 2.95. The van der Waals surface area contributed by atoms with Gasteiger partial charge >= 0.3 is 0 Å². The van der Waals surface area contributed by atoms with Crippen molar-refractivity contribution in [2.45, 2.75) is 51.5 Å². The molecule has 0 saturated carbocycles. The van der Waals surface area contributed by atoms with Gasteiger partial charge in [0.1, 0.15) is 0 Å². The first-order chi connectivity index (χ1) is 9.05. The normalized spacial score (nSPS) is 20.9. The van der Waals surface area contributed by atoms with Crippen LogP contribution in [-0.2, 0) is 5.41 Å². The van der Waals surface area contributed by atoms with Gasteiger partial charge in [-0.3, -0.25) is 5.10 Å². The highest BCUT2D eigenvalue weighted by Crippen LogP contribution is 2.30. The summed E-state index contributed by atoms with van der Waals surface area (Å²) in [5.41, 5.74) is 3.80. The molecule has 1 unspecified atom stereocenters. The van der Waals surface area contributed by atoms with Crippen LogP contribution in [0.1, 0.15) is 57.3 Å². The molecule has 0 spiro atoms. The van der Waals surface area contributed by atoms with Gasteiger partial charge in [0.15, 0.2) is 0 Å². The molecule has 1 aromatic carbocycles. The van der Waals surface area contributed by atoms with Crippen LogP contribution >= 0.6 is 0 Å². The van der Waals surface area contributed by atoms with Crippen LogP contribution in [0.2, 0.25) is 0 Å². The van der Waals surface area contributed by atoms with Gasteiger partial charge in [-0.15, -0.1) is 0 Å². The van der Waals surface area contributed by atoms with Crippen molar-refractivity contribution in [2.24, 2.45) is 0 Å². The first kappa shape index (κ1) is 12.7. The molecule has 1 aromatic heterocycles. The molecule has 3 heteroatoms. The lowest BCUT2D eigenvalue weighted by Gasteiger charge is -2.24. The van der Waals surface area contributed by atoms with E-state index in [0.29, 0.717) is 6.04 Å². The van der Waals surface area contributed by atoms with Gasteiger partial charge in [0.25, 0.3) is 0 Å². The predicted octanol–water partition coefficient (Wildman–Crippen LogP) is 3.68. The molecule has 0 radical (unpaired) electrons. The van der Waals surface area contributed by atoms with Gasteiger partial charge in [0.05, 0.1) is 5.52 Å². The van der Waals surface area contributed by atoms with Crippen LogP contribution < -0.4 is 5.32 Å². The number of hydrogen-bond acceptors (Lipinski definition) is 2. The molecule has 3 nitrogen and oxygen atoms in total. The number of aromatic amines is 1. The summed E-state index contributed by atoms with van der Waals surface area (Å²) in [5.74, 6) is 0. The largest absolute Gasteiger partial charge is 0.310 e. The molecular weight excluding hydrogens is 234 g/mol. The fraction of sp³-hybridized carbons (Fsp3) is 0.562. The van der Waals surface area contributed by atoms with Crippen molar-refractivity contribution < 1.29 is 0 Å². The number of aromatic nitrogens is 2. The second-order valence-corrected chi connectivity index (χ2v) is 6.63. The van der Waals surface area contributed by atoms with E-state index in [9.17, 15) is 0 Å². The Hall–Kier alpha value is -1.35. The van der Waals surface area contributed by atoms with E-state index in [1.165, 1.54) is 35.9 Å². The molecule has 2 N–H and O–H groups in total. The summed E-state index contributed by atoms with van der Waals surface area (Å²) in [6.45, 7) is 7.79. The fourth-order valence-electron chi connectivity index (χ4n) is 2.95. The summed E-state index contributed by atoms with van der Waals surface area (Å²) in [6.07, 6.45) is 3.86. The highest BCUT2D eigenvalue weighted by molar-refractivity contribution is 5.83. The maximum atomic E-state index is 4.49. The monoisotopic (exact) mass is 257 g/mol. The van der Waals surface area contributed by atoms with E-state index in [-0.39, 0.29) is 5.41 Å². The number of piperidine rings is 1. The topological polar surface area (TPSA) is 40.7 Å². The zero-order chi connectivity index (χ0) is 13.5. The van der Waals surface area contributed by atoms with Crippen molar-refractivity contribution in [3.63, 3.8) is 0 Å². The SMILES string of the molecule is CC(C)(C)c1[nH]nc2cc(C3CCCCN3)ccc12. The summed E-state index contributed by atoms with van der Waals surface area (Å²) < 4.78 is 0. The van der Waals surface area contributed by atoms with Gasteiger partial charge in [-0.05, 0) is 31.0 Å². The molecule has 3 rings (SSSR count). The van der Waals surface area contributed by atoms with E-state index in [4.69, 9.17) is 0 Å². The zero-order valence-corrected chi connectivity index (χ0v) is 12.1. The number of fused-ring (bicyclic) bond motifs is 1. The van der Waals surface area contributed by atoms with Crippen molar-refractivity contribution in [2.75, 3.05) is 6.54 Å². The van der Waals surface area contributed by atoms with Crippen LogP contribution in [0.4, 0.5) is 0 Å². The average Bonchev–Trinajstić information content (AvgIpc) is 2.82. The number of hydrogen-bond donors (Lipinski definition) is 2. The number of nitrogens with one attached hydrogen (secondary N) is 2. The number of nitrogens with zero attached hydrogens (tertiary/aromatic N) is 1. The van der Waals surface area contributed by atoms with Gasteiger partial charge < -0.3 is 5.32 Å². The number of rotatable bonds is 1. The molecule has 2 aromatic rings. The molecule has 102 valence electrons. The first-order valence-electron chi connectivity index (χ1n) is 7.27. The van der Waals surface area contributed by atoms with Gasteiger partial charge in [0.2, 0.25) is 0 Å². The predicted molar refractivity (Wildman–Crippen MR) is 79.4 cm³/mol. The maximum absolute atomic E-state index is 4.49.